The van der Waals surface area contributed by atoms with E-state index in [2.05, 4.69) is 46.6 Å². The summed E-state index contributed by atoms with van der Waals surface area (Å²) in [6, 6.07) is 12.6. The maximum absolute atomic E-state index is 3.31. The van der Waals surface area contributed by atoms with Gasteiger partial charge in [-0.15, -0.1) is 0 Å². The molecule has 0 aliphatic carbocycles. The van der Waals surface area contributed by atoms with E-state index in [1.54, 1.807) is 0 Å². The van der Waals surface area contributed by atoms with Gasteiger partial charge >= 0.3 is 0 Å². The Kier molecular flexibility index (Phi) is 2.73. The average Bonchev–Trinajstić information content (AvgIpc) is 3.06. The van der Waals surface area contributed by atoms with Crippen molar-refractivity contribution in [1.82, 2.24) is 9.97 Å². The van der Waals surface area contributed by atoms with Crippen LogP contribution in [0.15, 0.2) is 61.2 Å². The lowest BCUT2D eigenvalue weighted by Gasteiger charge is -2.14. The van der Waals surface area contributed by atoms with Crippen molar-refractivity contribution in [2.75, 3.05) is 0 Å². The van der Waals surface area contributed by atoms with Crippen LogP contribution >= 0.6 is 0 Å². The van der Waals surface area contributed by atoms with Gasteiger partial charge in [-0.05, 0) is 29.8 Å². The van der Waals surface area contributed by atoms with E-state index in [1.165, 1.54) is 17.0 Å². The highest BCUT2D eigenvalue weighted by atomic mass is 14.9. The molecule has 0 bridgehead atoms. The van der Waals surface area contributed by atoms with Gasteiger partial charge in [0.1, 0.15) is 7.05 Å². The largest absolute Gasteiger partial charge is 0.364 e. The van der Waals surface area contributed by atoms with Crippen molar-refractivity contribution in [3.05, 3.63) is 78.1 Å². The summed E-state index contributed by atoms with van der Waals surface area (Å²) in [5.74, 6) is 0.233. The Hall–Kier alpha value is -2.29. The van der Waals surface area contributed by atoms with Crippen LogP contribution < -0.4 is 4.57 Å². The zero-order chi connectivity index (χ0) is 12.4. The second-order valence-electron chi connectivity index (χ2n) is 4.48. The Morgan fingerprint density at radius 1 is 0.889 bits per heavy atom. The Balaban J connectivity index is 2.08. The third-order valence-electron chi connectivity index (χ3n) is 3.20. The molecule has 0 unspecified atom stereocenters. The zero-order valence-corrected chi connectivity index (χ0v) is 10.3. The van der Waals surface area contributed by atoms with Crippen LogP contribution in [0.4, 0.5) is 0 Å². The number of hydrogen-bond donors (Lipinski definition) is 2. The molecular formula is C15H16N3+. The van der Waals surface area contributed by atoms with Crippen molar-refractivity contribution in [2.45, 2.75) is 5.92 Å². The monoisotopic (exact) mass is 238 g/mol. The molecule has 3 heterocycles. The predicted octanol–water partition coefficient (Wildman–Crippen LogP) is 2.35. The number of aromatic amines is 2. The van der Waals surface area contributed by atoms with E-state index in [9.17, 15) is 0 Å². The molecule has 3 heteroatoms. The van der Waals surface area contributed by atoms with Gasteiger partial charge in [0.25, 0.3) is 0 Å². The lowest BCUT2D eigenvalue weighted by Crippen LogP contribution is -2.26. The SMILES string of the molecule is C[n+]1ccc(C(c2ccc[nH]2)c2ccc[nH]2)cc1. The molecule has 0 radical (unpaired) electrons. The highest BCUT2D eigenvalue weighted by molar-refractivity contribution is 5.36. The van der Waals surface area contributed by atoms with Crippen molar-refractivity contribution in [2.24, 2.45) is 7.05 Å². The minimum Gasteiger partial charge on any atom is -0.364 e. The van der Waals surface area contributed by atoms with E-state index >= 15 is 0 Å². The first-order valence-corrected chi connectivity index (χ1v) is 6.06. The lowest BCUT2D eigenvalue weighted by atomic mass is 9.93. The third kappa shape index (κ3) is 1.95. The molecule has 0 aromatic carbocycles. The molecule has 0 aliphatic rings. The van der Waals surface area contributed by atoms with Gasteiger partial charge in [0.15, 0.2) is 12.4 Å². The molecule has 3 rings (SSSR count). The van der Waals surface area contributed by atoms with Gasteiger partial charge in [-0.25, -0.2) is 4.57 Å². The van der Waals surface area contributed by atoms with Gasteiger partial charge < -0.3 is 9.97 Å². The minimum atomic E-state index is 0.233. The lowest BCUT2D eigenvalue weighted by molar-refractivity contribution is -0.671. The molecule has 2 N–H and O–H groups in total. The fourth-order valence-corrected chi connectivity index (χ4v) is 2.28. The first kappa shape index (κ1) is 10.8. The Morgan fingerprint density at radius 2 is 1.44 bits per heavy atom. The number of H-pyrrole nitrogens is 2. The fraction of sp³-hybridized carbons (Fsp3) is 0.133. The number of pyridine rings is 1. The Morgan fingerprint density at radius 3 is 1.89 bits per heavy atom. The van der Waals surface area contributed by atoms with Crippen LogP contribution in [-0.2, 0) is 7.05 Å². The number of hydrogen-bond acceptors (Lipinski definition) is 0. The van der Waals surface area contributed by atoms with Crippen LogP contribution in [-0.4, -0.2) is 9.97 Å². The third-order valence-corrected chi connectivity index (χ3v) is 3.20. The molecule has 0 atom stereocenters. The summed E-state index contributed by atoms with van der Waals surface area (Å²) in [7, 11) is 2.03. The standard InChI is InChI=1S/C15H16N3/c1-18-10-6-12(7-11-18)15(13-4-2-8-16-13)14-5-3-9-17-14/h2-11,15-17H,1H3/q+1. The summed E-state index contributed by atoms with van der Waals surface area (Å²) < 4.78 is 2.05. The summed E-state index contributed by atoms with van der Waals surface area (Å²) in [6.07, 6.45) is 8.09. The van der Waals surface area contributed by atoms with Crippen molar-refractivity contribution in [1.29, 1.82) is 0 Å². The molecule has 0 saturated carbocycles. The van der Waals surface area contributed by atoms with Crippen molar-refractivity contribution < 1.29 is 4.57 Å². The predicted molar refractivity (Wildman–Crippen MR) is 70.1 cm³/mol. The Bertz CT molecular complexity index is 558. The van der Waals surface area contributed by atoms with Gasteiger partial charge in [0.2, 0.25) is 0 Å². The van der Waals surface area contributed by atoms with Gasteiger partial charge in [0.05, 0.1) is 5.92 Å². The molecule has 18 heavy (non-hydrogen) atoms. The highest BCUT2D eigenvalue weighted by Crippen LogP contribution is 2.28. The topological polar surface area (TPSA) is 35.5 Å². The van der Waals surface area contributed by atoms with E-state index in [0.717, 1.165) is 0 Å². The average molecular weight is 238 g/mol. The molecule has 3 nitrogen and oxygen atoms in total. The van der Waals surface area contributed by atoms with E-state index < -0.39 is 0 Å². The fourth-order valence-electron chi connectivity index (χ4n) is 2.28. The number of rotatable bonds is 3. The molecule has 0 spiro atoms. The summed E-state index contributed by atoms with van der Waals surface area (Å²) >= 11 is 0. The maximum atomic E-state index is 3.31. The van der Waals surface area contributed by atoms with Crippen LogP contribution in [0.3, 0.4) is 0 Å². The molecule has 0 aliphatic heterocycles. The Labute approximate surface area is 106 Å². The van der Waals surface area contributed by atoms with Gasteiger partial charge in [-0.2, -0.15) is 0 Å². The smallest absolute Gasteiger partial charge is 0.168 e. The first-order chi connectivity index (χ1) is 8.84. The second kappa shape index (κ2) is 4.53. The number of nitrogens with one attached hydrogen (secondary N) is 2. The van der Waals surface area contributed by atoms with Crippen LogP contribution in [0.1, 0.15) is 22.9 Å². The normalized spacial score (nSPS) is 11.0. The molecule has 0 saturated heterocycles. The van der Waals surface area contributed by atoms with Gasteiger partial charge in [-0.3, -0.25) is 0 Å². The van der Waals surface area contributed by atoms with Gasteiger partial charge in [0, 0.05) is 35.9 Å². The zero-order valence-electron chi connectivity index (χ0n) is 10.3. The van der Waals surface area contributed by atoms with Crippen molar-refractivity contribution in [3.8, 4) is 0 Å². The highest BCUT2D eigenvalue weighted by Gasteiger charge is 2.18. The van der Waals surface area contributed by atoms with E-state index in [-0.39, 0.29) is 5.92 Å². The van der Waals surface area contributed by atoms with E-state index in [0.29, 0.717) is 0 Å². The number of aryl methyl sites for hydroxylation is 1. The van der Waals surface area contributed by atoms with Crippen molar-refractivity contribution in [3.63, 3.8) is 0 Å². The molecule has 3 aromatic rings. The summed E-state index contributed by atoms with van der Waals surface area (Å²) in [5.41, 5.74) is 3.68. The van der Waals surface area contributed by atoms with Gasteiger partial charge in [-0.1, -0.05) is 0 Å². The first-order valence-electron chi connectivity index (χ1n) is 6.06. The van der Waals surface area contributed by atoms with Crippen molar-refractivity contribution >= 4 is 0 Å². The summed E-state index contributed by atoms with van der Waals surface area (Å²) in [6.45, 7) is 0. The molecule has 0 amide bonds. The quantitative estimate of drug-likeness (QED) is 0.657. The second-order valence-corrected chi connectivity index (χ2v) is 4.48. The summed E-state index contributed by atoms with van der Waals surface area (Å²) in [5, 5.41) is 0. The minimum absolute atomic E-state index is 0.233. The van der Waals surface area contributed by atoms with E-state index in [4.69, 9.17) is 0 Å². The van der Waals surface area contributed by atoms with Crippen LogP contribution in [0, 0.1) is 0 Å². The molecule has 3 aromatic heterocycles. The number of nitrogens with zero attached hydrogens (tertiary/aromatic N) is 1. The van der Waals surface area contributed by atoms with Crippen LogP contribution in [0.2, 0.25) is 0 Å². The molecular weight excluding hydrogens is 222 g/mol. The van der Waals surface area contributed by atoms with Crippen LogP contribution in [0.5, 0.6) is 0 Å². The molecule has 0 fully saturated rings. The van der Waals surface area contributed by atoms with E-state index in [1.807, 2.05) is 36.1 Å². The maximum Gasteiger partial charge on any atom is 0.168 e. The van der Waals surface area contributed by atoms with Crippen LogP contribution in [0.25, 0.3) is 0 Å². The number of aromatic nitrogens is 3. The summed E-state index contributed by atoms with van der Waals surface area (Å²) in [4.78, 5) is 6.62. The molecule has 90 valence electrons.